The van der Waals surface area contributed by atoms with Crippen molar-refractivity contribution < 1.29 is 14.0 Å². The summed E-state index contributed by atoms with van der Waals surface area (Å²) < 4.78 is 5.37. The van der Waals surface area contributed by atoms with Crippen molar-refractivity contribution in [3.05, 3.63) is 89.9 Å². The van der Waals surface area contributed by atoms with Crippen molar-refractivity contribution in [2.24, 2.45) is 0 Å². The lowest BCUT2D eigenvalue weighted by Gasteiger charge is -2.30. The Bertz CT molecular complexity index is 1010. The van der Waals surface area contributed by atoms with Crippen LogP contribution < -0.4 is 4.90 Å². The van der Waals surface area contributed by atoms with Gasteiger partial charge in [-0.25, -0.2) is 0 Å². The summed E-state index contributed by atoms with van der Waals surface area (Å²) in [6.07, 6.45) is 2.18. The number of furan rings is 1. The summed E-state index contributed by atoms with van der Waals surface area (Å²) in [5, 5.41) is 0. The van der Waals surface area contributed by atoms with Crippen LogP contribution in [0.5, 0.6) is 0 Å². The molecule has 0 saturated carbocycles. The van der Waals surface area contributed by atoms with Crippen LogP contribution in [0.15, 0.2) is 77.4 Å². The first-order valence-corrected chi connectivity index (χ1v) is 9.69. The zero-order chi connectivity index (χ0) is 20.4. The molecule has 1 aliphatic heterocycles. The molecule has 0 N–H and O–H groups in total. The number of rotatable bonds is 6. The van der Waals surface area contributed by atoms with Crippen molar-refractivity contribution in [3.63, 3.8) is 0 Å². The van der Waals surface area contributed by atoms with Gasteiger partial charge in [0.1, 0.15) is 5.76 Å². The summed E-state index contributed by atoms with van der Waals surface area (Å²) in [5.41, 5.74) is 1.90. The van der Waals surface area contributed by atoms with E-state index >= 15 is 0 Å². The molecule has 0 radical (unpaired) electrons. The number of amides is 2. The van der Waals surface area contributed by atoms with Crippen molar-refractivity contribution in [2.45, 2.75) is 24.8 Å². The average molecular weight is 388 g/mol. The topological polar surface area (TPSA) is 53.8 Å². The number of carbonyl (C=O) groups is 2. The highest BCUT2D eigenvalue weighted by atomic mass is 16.3. The fraction of sp³-hybridized carbons (Fsp3) is 0.250. The number of likely N-dealkylation sites (N-methyl/N-ethyl adjacent to an activating group) is 1. The van der Waals surface area contributed by atoms with Gasteiger partial charge in [-0.15, -0.1) is 0 Å². The van der Waals surface area contributed by atoms with Crippen LogP contribution in [-0.2, 0) is 28.0 Å². The molecule has 2 aromatic carbocycles. The monoisotopic (exact) mass is 388 g/mol. The van der Waals surface area contributed by atoms with Crippen molar-refractivity contribution in [1.82, 2.24) is 4.90 Å². The fourth-order valence-electron chi connectivity index (χ4n) is 4.18. The minimum absolute atomic E-state index is 0.0395. The Morgan fingerprint density at radius 2 is 1.76 bits per heavy atom. The van der Waals surface area contributed by atoms with Crippen molar-refractivity contribution >= 4 is 17.5 Å². The number of hydrogen-bond acceptors (Lipinski definition) is 3. The highest BCUT2D eigenvalue weighted by Crippen LogP contribution is 2.45. The molecule has 1 aliphatic rings. The van der Waals surface area contributed by atoms with Crippen molar-refractivity contribution in [1.29, 1.82) is 0 Å². The molecular weight excluding hydrogens is 364 g/mol. The fourth-order valence-corrected chi connectivity index (χ4v) is 4.18. The lowest BCUT2D eigenvalue weighted by atomic mass is 9.73. The van der Waals surface area contributed by atoms with Crippen molar-refractivity contribution in [2.75, 3.05) is 19.0 Å². The van der Waals surface area contributed by atoms with Gasteiger partial charge in [0.05, 0.1) is 18.2 Å². The van der Waals surface area contributed by atoms with E-state index in [1.165, 1.54) is 0 Å². The number of anilines is 1. The second kappa shape index (κ2) is 7.59. The molecule has 4 rings (SSSR count). The molecule has 1 aromatic heterocycles. The molecule has 0 aliphatic carbocycles. The maximum atomic E-state index is 13.5. The van der Waals surface area contributed by atoms with Crippen LogP contribution in [0.1, 0.15) is 23.3 Å². The first-order chi connectivity index (χ1) is 14.0. The molecule has 1 atom stereocenters. The second-order valence-electron chi connectivity index (χ2n) is 7.63. The molecule has 0 bridgehead atoms. The van der Waals surface area contributed by atoms with E-state index in [1.54, 1.807) is 36.2 Å². The normalized spacial score (nSPS) is 18.0. The predicted molar refractivity (Wildman–Crippen MR) is 111 cm³/mol. The Labute approximate surface area is 170 Å². The third-order valence-corrected chi connectivity index (χ3v) is 5.70. The van der Waals surface area contributed by atoms with Gasteiger partial charge in [0, 0.05) is 26.2 Å². The Hall–Kier alpha value is -3.34. The molecule has 148 valence electrons. The lowest BCUT2D eigenvalue weighted by Crippen LogP contribution is -2.44. The number of fused-ring (bicyclic) bond motifs is 1. The van der Waals surface area contributed by atoms with Gasteiger partial charge in [-0.1, -0.05) is 48.5 Å². The summed E-state index contributed by atoms with van der Waals surface area (Å²) in [6, 6.07) is 21.3. The summed E-state index contributed by atoms with van der Waals surface area (Å²) in [7, 11) is 3.53. The Morgan fingerprint density at radius 3 is 2.48 bits per heavy atom. The van der Waals surface area contributed by atoms with E-state index in [-0.39, 0.29) is 18.2 Å². The van der Waals surface area contributed by atoms with Gasteiger partial charge in [0.15, 0.2) is 0 Å². The van der Waals surface area contributed by atoms with Crippen LogP contribution in [0, 0.1) is 0 Å². The average Bonchev–Trinajstić information content (AvgIpc) is 3.31. The van der Waals surface area contributed by atoms with E-state index in [0.717, 1.165) is 16.8 Å². The Kier molecular flexibility index (Phi) is 4.97. The zero-order valence-electron chi connectivity index (χ0n) is 16.7. The van der Waals surface area contributed by atoms with Gasteiger partial charge < -0.3 is 14.2 Å². The Morgan fingerprint density at radius 1 is 1.03 bits per heavy atom. The maximum absolute atomic E-state index is 13.5. The van der Waals surface area contributed by atoms with Crippen molar-refractivity contribution in [3.8, 4) is 0 Å². The SMILES string of the molecule is CN(Cc1ccco1)C(=O)CC1(Cc2ccccc2)C(=O)N(C)c2ccccc21. The quantitative estimate of drug-likeness (QED) is 0.646. The molecule has 29 heavy (non-hydrogen) atoms. The molecule has 3 aromatic rings. The van der Waals surface area contributed by atoms with Gasteiger partial charge in [-0.05, 0) is 35.7 Å². The molecule has 0 saturated heterocycles. The minimum Gasteiger partial charge on any atom is -0.467 e. The number of carbonyl (C=O) groups excluding carboxylic acids is 2. The number of para-hydroxylation sites is 1. The van der Waals surface area contributed by atoms with Gasteiger partial charge >= 0.3 is 0 Å². The van der Waals surface area contributed by atoms with Crippen LogP contribution in [0.3, 0.4) is 0 Å². The van der Waals surface area contributed by atoms with E-state index in [0.29, 0.717) is 18.7 Å². The number of hydrogen-bond donors (Lipinski definition) is 0. The molecule has 5 nitrogen and oxygen atoms in total. The third-order valence-electron chi connectivity index (χ3n) is 5.70. The molecular formula is C24H24N2O3. The first kappa shape index (κ1) is 19.0. The minimum atomic E-state index is -0.915. The Balaban J connectivity index is 1.70. The standard InChI is InChI=1S/C24H24N2O3/c1-25(17-19-11-8-14-29-19)22(27)16-24(15-18-9-4-3-5-10-18)20-12-6-7-13-21(20)26(2)23(24)28/h3-14H,15-17H2,1-2H3. The molecule has 2 amide bonds. The maximum Gasteiger partial charge on any atom is 0.238 e. The van der Waals surface area contributed by atoms with Gasteiger partial charge in [0.25, 0.3) is 0 Å². The lowest BCUT2D eigenvalue weighted by molar-refractivity contribution is -0.135. The first-order valence-electron chi connectivity index (χ1n) is 9.69. The molecule has 5 heteroatoms. The highest BCUT2D eigenvalue weighted by Gasteiger charge is 2.51. The summed E-state index contributed by atoms with van der Waals surface area (Å²) in [6.45, 7) is 0.374. The smallest absolute Gasteiger partial charge is 0.238 e. The number of benzene rings is 2. The van der Waals surface area contributed by atoms with E-state index < -0.39 is 5.41 Å². The van der Waals surface area contributed by atoms with Gasteiger partial charge in [0.2, 0.25) is 11.8 Å². The van der Waals surface area contributed by atoms with E-state index in [2.05, 4.69) is 0 Å². The van der Waals surface area contributed by atoms with Crippen LogP contribution in [0.2, 0.25) is 0 Å². The summed E-state index contributed by atoms with van der Waals surface area (Å²) in [4.78, 5) is 30.0. The van der Waals surface area contributed by atoms with Crippen LogP contribution in [0.25, 0.3) is 0 Å². The predicted octanol–water partition coefficient (Wildman–Crippen LogP) is 3.79. The largest absolute Gasteiger partial charge is 0.467 e. The molecule has 0 fully saturated rings. The zero-order valence-corrected chi connectivity index (χ0v) is 16.7. The molecule has 0 spiro atoms. The second-order valence-corrected chi connectivity index (χ2v) is 7.63. The molecule has 2 heterocycles. The van der Waals surface area contributed by atoms with Crippen LogP contribution >= 0.6 is 0 Å². The summed E-state index contributed by atoms with van der Waals surface area (Å²) in [5.74, 6) is 0.589. The van der Waals surface area contributed by atoms with Crippen LogP contribution in [0.4, 0.5) is 5.69 Å². The molecule has 1 unspecified atom stereocenters. The van der Waals surface area contributed by atoms with Gasteiger partial charge in [-0.3, -0.25) is 9.59 Å². The van der Waals surface area contributed by atoms with E-state index in [9.17, 15) is 9.59 Å². The van der Waals surface area contributed by atoms with E-state index in [4.69, 9.17) is 4.42 Å². The summed E-state index contributed by atoms with van der Waals surface area (Å²) >= 11 is 0. The van der Waals surface area contributed by atoms with Crippen LogP contribution in [-0.4, -0.2) is 30.8 Å². The van der Waals surface area contributed by atoms with E-state index in [1.807, 2.05) is 60.7 Å². The number of nitrogens with zero attached hydrogens (tertiary/aromatic N) is 2. The third kappa shape index (κ3) is 3.44. The highest BCUT2D eigenvalue weighted by molar-refractivity contribution is 6.09. The van der Waals surface area contributed by atoms with Gasteiger partial charge in [-0.2, -0.15) is 0 Å².